The number of carbonyl (C=O) groups is 4. The van der Waals surface area contributed by atoms with Crippen molar-refractivity contribution in [2.24, 2.45) is 0 Å². The van der Waals surface area contributed by atoms with E-state index in [1.165, 1.54) is 0 Å². The first-order valence-corrected chi connectivity index (χ1v) is 10.9. The van der Waals surface area contributed by atoms with Gasteiger partial charge in [0.25, 0.3) is 0 Å². The number of hydrogen-bond donors (Lipinski definition) is 4. The van der Waals surface area contributed by atoms with Gasteiger partial charge in [-0.2, -0.15) is 0 Å². The number of carboxylic acid groups (broad SMARTS) is 3. The molecule has 4 N–H and O–H groups in total. The Labute approximate surface area is 192 Å². The second-order valence-electron chi connectivity index (χ2n) is 7.84. The largest absolute Gasteiger partial charge is 0.497 e. The first-order valence-electron chi connectivity index (χ1n) is 10.9. The van der Waals surface area contributed by atoms with Crippen molar-refractivity contribution in [3.05, 3.63) is 24.3 Å². The average molecular weight is 468 g/mol. The molecule has 0 saturated carbocycles. The minimum atomic E-state index is -1.19. The highest BCUT2D eigenvalue weighted by Gasteiger charge is 2.33. The van der Waals surface area contributed by atoms with Crippen LogP contribution in [0.4, 0.5) is 0 Å². The summed E-state index contributed by atoms with van der Waals surface area (Å²) in [6.45, 7) is 0.480. The predicted octanol–water partition coefficient (Wildman–Crippen LogP) is 3.08. The van der Waals surface area contributed by atoms with E-state index in [1.807, 2.05) is 0 Å². The lowest BCUT2D eigenvalue weighted by Gasteiger charge is -2.34. The third kappa shape index (κ3) is 12.4. The minimum Gasteiger partial charge on any atom is -0.497 e. The van der Waals surface area contributed by atoms with Gasteiger partial charge >= 0.3 is 17.9 Å². The molecule has 1 amide bonds. The summed E-state index contributed by atoms with van der Waals surface area (Å²) in [5, 5.41) is 29.9. The van der Waals surface area contributed by atoms with Crippen molar-refractivity contribution >= 4 is 23.8 Å². The molecule has 10 nitrogen and oxygen atoms in total. The Morgan fingerprint density at radius 1 is 0.758 bits per heavy atom. The summed E-state index contributed by atoms with van der Waals surface area (Å²) in [4.78, 5) is 45.7. The first kappa shape index (κ1) is 27.7. The van der Waals surface area contributed by atoms with Crippen LogP contribution in [-0.4, -0.2) is 58.4 Å². The SMILES string of the molecule is COc1ccc(OCCCCCC(=O)NC(CCC(=O)O)(CCC(=O)O)CCC(=O)O)cc1. The summed E-state index contributed by atoms with van der Waals surface area (Å²) in [7, 11) is 1.58. The highest BCUT2D eigenvalue weighted by atomic mass is 16.5. The lowest BCUT2D eigenvalue weighted by Crippen LogP contribution is -2.49. The van der Waals surface area contributed by atoms with Gasteiger partial charge in [-0.05, 0) is 62.8 Å². The van der Waals surface area contributed by atoms with Gasteiger partial charge in [-0.25, -0.2) is 0 Å². The molecule has 0 aliphatic carbocycles. The molecular formula is C23H33NO9. The number of carbonyl (C=O) groups excluding carboxylic acids is 1. The highest BCUT2D eigenvalue weighted by Crippen LogP contribution is 2.26. The molecular weight excluding hydrogens is 434 g/mol. The van der Waals surface area contributed by atoms with Crippen LogP contribution in [0.1, 0.15) is 64.2 Å². The van der Waals surface area contributed by atoms with Crippen molar-refractivity contribution in [1.82, 2.24) is 5.32 Å². The summed E-state index contributed by atoms with van der Waals surface area (Å²) in [6.07, 6.45) is 1.14. The van der Waals surface area contributed by atoms with Crippen LogP contribution >= 0.6 is 0 Å². The number of methoxy groups -OCH3 is 1. The minimum absolute atomic E-state index is 0.0374. The molecule has 0 fully saturated rings. The average Bonchev–Trinajstić information content (AvgIpc) is 2.77. The Balaban J connectivity index is 2.53. The van der Waals surface area contributed by atoms with E-state index in [0.717, 1.165) is 18.6 Å². The van der Waals surface area contributed by atoms with Crippen molar-refractivity contribution in [3.8, 4) is 11.5 Å². The number of aliphatic carboxylic acids is 3. The number of hydrogen-bond acceptors (Lipinski definition) is 6. The molecule has 0 aliphatic heterocycles. The van der Waals surface area contributed by atoms with Gasteiger partial charge in [0.1, 0.15) is 11.5 Å². The van der Waals surface area contributed by atoms with Crippen LogP contribution in [0.2, 0.25) is 0 Å². The standard InChI is InChI=1S/C23H33NO9/c1-32-17-6-8-18(9-7-17)33-16-4-2-3-5-19(25)24-23(13-10-20(26)27,14-11-21(28)29)15-12-22(30)31/h6-9H,2-5,10-16H2,1H3,(H,24,25)(H,26,27)(H,28,29)(H,30,31). The normalized spacial score (nSPS) is 10.9. The fourth-order valence-electron chi connectivity index (χ4n) is 3.39. The van der Waals surface area contributed by atoms with Gasteiger partial charge in [0.15, 0.2) is 0 Å². The van der Waals surface area contributed by atoms with E-state index in [2.05, 4.69) is 5.32 Å². The summed E-state index contributed by atoms with van der Waals surface area (Å²) in [5.74, 6) is -2.20. The zero-order chi connectivity index (χ0) is 24.7. The van der Waals surface area contributed by atoms with E-state index in [9.17, 15) is 19.2 Å². The van der Waals surface area contributed by atoms with Gasteiger partial charge in [-0.3, -0.25) is 19.2 Å². The number of nitrogens with one attached hydrogen (secondary N) is 1. The summed E-state index contributed by atoms with van der Waals surface area (Å²) < 4.78 is 10.7. The zero-order valence-electron chi connectivity index (χ0n) is 18.9. The fourth-order valence-corrected chi connectivity index (χ4v) is 3.39. The molecule has 0 atom stereocenters. The molecule has 184 valence electrons. The first-order chi connectivity index (χ1) is 15.7. The van der Waals surface area contributed by atoms with Crippen molar-refractivity contribution in [2.45, 2.75) is 69.7 Å². The van der Waals surface area contributed by atoms with E-state index < -0.39 is 23.4 Å². The Morgan fingerprint density at radius 3 is 1.70 bits per heavy atom. The van der Waals surface area contributed by atoms with E-state index in [4.69, 9.17) is 24.8 Å². The summed E-state index contributed by atoms with van der Waals surface area (Å²) in [6, 6.07) is 7.20. The second-order valence-corrected chi connectivity index (χ2v) is 7.84. The van der Waals surface area contributed by atoms with Gasteiger partial charge < -0.3 is 30.1 Å². The lowest BCUT2D eigenvalue weighted by atomic mass is 9.83. The van der Waals surface area contributed by atoms with E-state index >= 15 is 0 Å². The van der Waals surface area contributed by atoms with Crippen molar-refractivity contribution < 1.29 is 44.0 Å². The Bertz CT molecular complexity index is 731. The van der Waals surface area contributed by atoms with Crippen LogP contribution in [0.5, 0.6) is 11.5 Å². The topological polar surface area (TPSA) is 159 Å². The molecule has 1 rings (SSSR count). The number of amides is 1. The Morgan fingerprint density at radius 2 is 1.24 bits per heavy atom. The molecule has 1 aromatic rings. The summed E-state index contributed by atoms with van der Waals surface area (Å²) in [5.41, 5.74) is -1.19. The molecule has 0 radical (unpaired) electrons. The second kappa shape index (κ2) is 14.7. The molecule has 0 aromatic heterocycles. The molecule has 10 heteroatoms. The van der Waals surface area contributed by atoms with Crippen LogP contribution in [0.15, 0.2) is 24.3 Å². The number of ether oxygens (including phenoxy) is 2. The van der Waals surface area contributed by atoms with Gasteiger partial charge in [-0.1, -0.05) is 0 Å². The van der Waals surface area contributed by atoms with Gasteiger partial charge in [0.2, 0.25) is 5.91 Å². The molecule has 33 heavy (non-hydrogen) atoms. The maximum absolute atomic E-state index is 12.5. The van der Waals surface area contributed by atoms with E-state index in [1.54, 1.807) is 31.4 Å². The van der Waals surface area contributed by atoms with Gasteiger partial charge in [0, 0.05) is 31.2 Å². The van der Waals surface area contributed by atoms with Crippen LogP contribution in [-0.2, 0) is 19.2 Å². The number of benzene rings is 1. The smallest absolute Gasteiger partial charge is 0.303 e. The molecule has 0 spiro atoms. The molecule has 0 saturated heterocycles. The molecule has 0 bridgehead atoms. The van der Waals surface area contributed by atoms with Gasteiger partial charge in [0.05, 0.1) is 13.7 Å². The molecule has 1 aromatic carbocycles. The molecule has 0 unspecified atom stereocenters. The van der Waals surface area contributed by atoms with E-state index in [0.29, 0.717) is 18.8 Å². The lowest BCUT2D eigenvalue weighted by molar-refractivity contribution is -0.139. The van der Waals surface area contributed by atoms with Crippen LogP contribution in [0.25, 0.3) is 0 Å². The Kier molecular flexibility index (Phi) is 12.4. The van der Waals surface area contributed by atoms with E-state index in [-0.39, 0.29) is 50.9 Å². The molecule has 0 heterocycles. The third-order valence-electron chi connectivity index (χ3n) is 5.23. The van der Waals surface area contributed by atoms with Crippen LogP contribution in [0, 0.1) is 0 Å². The third-order valence-corrected chi connectivity index (χ3v) is 5.23. The Hall–Kier alpha value is -3.30. The fraction of sp³-hybridized carbons (Fsp3) is 0.565. The maximum Gasteiger partial charge on any atom is 0.303 e. The maximum atomic E-state index is 12.5. The summed E-state index contributed by atoms with van der Waals surface area (Å²) >= 11 is 0. The predicted molar refractivity (Wildman–Crippen MR) is 118 cm³/mol. The molecule has 0 aliphatic rings. The highest BCUT2D eigenvalue weighted by molar-refractivity contribution is 5.77. The van der Waals surface area contributed by atoms with Crippen molar-refractivity contribution in [1.29, 1.82) is 0 Å². The van der Waals surface area contributed by atoms with Crippen LogP contribution < -0.4 is 14.8 Å². The van der Waals surface area contributed by atoms with Crippen molar-refractivity contribution in [2.75, 3.05) is 13.7 Å². The quantitative estimate of drug-likeness (QED) is 0.238. The zero-order valence-corrected chi connectivity index (χ0v) is 18.9. The van der Waals surface area contributed by atoms with Crippen LogP contribution in [0.3, 0.4) is 0 Å². The number of carboxylic acids is 3. The number of rotatable bonds is 18. The van der Waals surface area contributed by atoms with Crippen molar-refractivity contribution in [3.63, 3.8) is 0 Å². The van der Waals surface area contributed by atoms with Gasteiger partial charge in [-0.15, -0.1) is 0 Å². The monoisotopic (exact) mass is 467 g/mol. The number of unbranched alkanes of at least 4 members (excludes halogenated alkanes) is 2.